The maximum Gasteiger partial charge on any atom is 0.322 e. The zero-order valence-electron chi connectivity index (χ0n) is 13.4. The number of halogens is 1. The van der Waals surface area contributed by atoms with Gasteiger partial charge in [-0.3, -0.25) is 14.5 Å². The van der Waals surface area contributed by atoms with Crippen molar-refractivity contribution in [2.24, 2.45) is 5.92 Å². The van der Waals surface area contributed by atoms with Crippen molar-refractivity contribution >= 4 is 24.3 Å². The van der Waals surface area contributed by atoms with E-state index >= 15 is 0 Å². The smallest absolute Gasteiger partial charge is 0.322 e. The van der Waals surface area contributed by atoms with E-state index in [-0.39, 0.29) is 43.4 Å². The molecule has 0 aromatic heterocycles. The van der Waals surface area contributed by atoms with Crippen molar-refractivity contribution in [1.82, 2.24) is 10.2 Å². The van der Waals surface area contributed by atoms with Crippen LogP contribution in [0.2, 0.25) is 0 Å². The van der Waals surface area contributed by atoms with Gasteiger partial charge in [0.15, 0.2) is 0 Å². The van der Waals surface area contributed by atoms with E-state index in [9.17, 15) is 14.7 Å². The lowest BCUT2D eigenvalue weighted by Gasteiger charge is -2.32. The number of amides is 1. The number of aliphatic hydroxyl groups is 1. The molecule has 7 heteroatoms. The van der Waals surface area contributed by atoms with Crippen molar-refractivity contribution in [2.45, 2.75) is 26.4 Å². The number of benzene rings is 1. The van der Waals surface area contributed by atoms with Crippen molar-refractivity contribution in [3.63, 3.8) is 0 Å². The van der Waals surface area contributed by atoms with Crippen molar-refractivity contribution in [1.29, 1.82) is 0 Å². The molecule has 0 radical (unpaired) electrons. The molecular weight excluding hydrogens is 320 g/mol. The standard InChI is InChI=1S/C16H24N2O4.ClH/c1-12(2)14(11-19)18(9-13-6-4-3-5-7-13)10-15(20)17-8-16(21)22;/h3-7,12,14,19H,8-11H2,1-2H3,(H,17,20)(H,21,22);1H. The lowest BCUT2D eigenvalue weighted by atomic mass is 10.0. The second kappa shape index (κ2) is 11.0. The zero-order chi connectivity index (χ0) is 16.5. The summed E-state index contributed by atoms with van der Waals surface area (Å²) in [4.78, 5) is 24.3. The zero-order valence-corrected chi connectivity index (χ0v) is 14.3. The SMILES string of the molecule is CC(C)C(CO)N(CC(=O)NCC(=O)O)Cc1ccccc1.Cl. The van der Waals surface area contributed by atoms with Gasteiger partial charge in [-0.2, -0.15) is 0 Å². The maximum absolute atomic E-state index is 11.9. The minimum absolute atomic E-state index is 0. The average molecular weight is 345 g/mol. The van der Waals surface area contributed by atoms with Crippen LogP contribution in [0.25, 0.3) is 0 Å². The van der Waals surface area contributed by atoms with Crippen LogP contribution in [-0.4, -0.2) is 52.7 Å². The molecule has 1 aromatic carbocycles. The Hall–Kier alpha value is -1.63. The molecule has 1 aromatic rings. The molecule has 0 heterocycles. The summed E-state index contributed by atoms with van der Waals surface area (Å²) in [5.41, 5.74) is 1.03. The highest BCUT2D eigenvalue weighted by atomic mass is 35.5. The Morgan fingerprint density at radius 1 is 1.22 bits per heavy atom. The van der Waals surface area contributed by atoms with E-state index in [0.29, 0.717) is 6.54 Å². The molecule has 0 aliphatic carbocycles. The van der Waals surface area contributed by atoms with Gasteiger partial charge in [-0.1, -0.05) is 44.2 Å². The largest absolute Gasteiger partial charge is 0.480 e. The number of carbonyl (C=O) groups excluding carboxylic acids is 1. The van der Waals surface area contributed by atoms with E-state index in [1.54, 1.807) is 0 Å². The van der Waals surface area contributed by atoms with E-state index in [2.05, 4.69) is 5.32 Å². The highest BCUT2D eigenvalue weighted by molar-refractivity contribution is 5.85. The van der Waals surface area contributed by atoms with Crippen LogP contribution < -0.4 is 5.32 Å². The Morgan fingerprint density at radius 2 is 1.83 bits per heavy atom. The second-order valence-electron chi connectivity index (χ2n) is 5.55. The number of hydrogen-bond acceptors (Lipinski definition) is 4. The lowest BCUT2D eigenvalue weighted by molar-refractivity contribution is -0.138. The third kappa shape index (κ3) is 7.97. The van der Waals surface area contributed by atoms with Crippen LogP contribution in [0.4, 0.5) is 0 Å². The number of aliphatic carboxylic acids is 1. The monoisotopic (exact) mass is 344 g/mol. The summed E-state index contributed by atoms with van der Waals surface area (Å²) in [6.07, 6.45) is 0. The maximum atomic E-state index is 11.9. The van der Waals surface area contributed by atoms with Crippen LogP contribution in [0.15, 0.2) is 30.3 Å². The summed E-state index contributed by atoms with van der Waals surface area (Å²) < 4.78 is 0. The molecule has 23 heavy (non-hydrogen) atoms. The van der Waals surface area contributed by atoms with Gasteiger partial charge in [0.2, 0.25) is 5.91 Å². The summed E-state index contributed by atoms with van der Waals surface area (Å²) in [6.45, 7) is 4.07. The molecule has 6 nitrogen and oxygen atoms in total. The van der Waals surface area contributed by atoms with E-state index in [4.69, 9.17) is 5.11 Å². The van der Waals surface area contributed by atoms with Gasteiger partial charge in [0.05, 0.1) is 13.2 Å². The number of nitrogens with zero attached hydrogens (tertiary/aromatic N) is 1. The number of carboxylic acids is 1. The number of nitrogens with one attached hydrogen (secondary N) is 1. The fourth-order valence-corrected chi connectivity index (χ4v) is 2.27. The molecular formula is C16H25ClN2O4. The second-order valence-corrected chi connectivity index (χ2v) is 5.55. The Bertz CT molecular complexity index is 482. The predicted octanol–water partition coefficient (Wildman–Crippen LogP) is 1.13. The van der Waals surface area contributed by atoms with Gasteiger partial charge in [-0.05, 0) is 11.5 Å². The Labute approximate surface area is 142 Å². The van der Waals surface area contributed by atoms with Gasteiger partial charge in [-0.15, -0.1) is 12.4 Å². The molecule has 1 amide bonds. The molecule has 0 aliphatic heterocycles. The van der Waals surface area contributed by atoms with Crippen LogP contribution in [-0.2, 0) is 16.1 Å². The number of carbonyl (C=O) groups is 2. The third-order valence-corrected chi connectivity index (χ3v) is 3.44. The summed E-state index contributed by atoms with van der Waals surface area (Å²) in [6, 6.07) is 9.49. The molecule has 0 fully saturated rings. The van der Waals surface area contributed by atoms with Crippen LogP contribution in [0.5, 0.6) is 0 Å². The van der Waals surface area contributed by atoms with Gasteiger partial charge in [-0.25, -0.2) is 0 Å². The van der Waals surface area contributed by atoms with E-state index in [0.717, 1.165) is 5.56 Å². The van der Waals surface area contributed by atoms with Crippen LogP contribution in [0.1, 0.15) is 19.4 Å². The summed E-state index contributed by atoms with van der Waals surface area (Å²) >= 11 is 0. The first-order valence-corrected chi connectivity index (χ1v) is 7.31. The highest BCUT2D eigenvalue weighted by Crippen LogP contribution is 2.14. The fourth-order valence-electron chi connectivity index (χ4n) is 2.27. The summed E-state index contributed by atoms with van der Waals surface area (Å²) in [5, 5.41) is 20.6. The first-order chi connectivity index (χ1) is 10.4. The number of aliphatic hydroxyl groups excluding tert-OH is 1. The summed E-state index contributed by atoms with van der Waals surface area (Å²) in [5.74, 6) is -1.27. The van der Waals surface area contributed by atoms with Crippen LogP contribution in [0.3, 0.4) is 0 Å². The molecule has 0 bridgehead atoms. The predicted molar refractivity (Wildman–Crippen MR) is 90.5 cm³/mol. The molecule has 0 saturated heterocycles. The fraction of sp³-hybridized carbons (Fsp3) is 0.500. The normalized spacial score (nSPS) is 11.9. The molecule has 0 aliphatic rings. The molecule has 0 spiro atoms. The van der Waals surface area contributed by atoms with E-state index in [1.165, 1.54) is 0 Å². The number of rotatable bonds is 9. The van der Waals surface area contributed by atoms with Crippen molar-refractivity contribution in [3.05, 3.63) is 35.9 Å². The Morgan fingerprint density at radius 3 is 2.30 bits per heavy atom. The highest BCUT2D eigenvalue weighted by Gasteiger charge is 2.23. The van der Waals surface area contributed by atoms with Crippen molar-refractivity contribution < 1.29 is 19.8 Å². The molecule has 1 rings (SSSR count). The lowest BCUT2D eigenvalue weighted by Crippen LogP contribution is -2.47. The quantitative estimate of drug-likeness (QED) is 0.624. The minimum Gasteiger partial charge on any atom is -0.480 e. The van der Waals surface area contributed by atoms with Crippen LogP contribution in [0, 0.1) is 5.92 Å². The molecule has 0 saturated carbocycles. The number of carboxylic acid groups (broad SMARTS) is 1. The van der Waals surface area contributed by atoms with Gasteiger partial charge in [0, 0.05) is 12.6 Å². The topological polar surface area (TPSA) is 89.9 Å². The molecule has 1 atom stereocenters. The first kappa shape index (κ1) is 21.4. The Balaban J connectivity index is 0.00000484. The molecule has 1 unspecified atom stereocenters. The summed E-state index contributed by atoms with van der Waals surface area (Å²) in [7, 11) is 0. The van der Waals surface area contributed by atoms with Gasteiger partial charge in [0.25, 0.3) is 0 Å². The Kier molecular flexibility index (Phi) is 10.2. The van der Waals surface area contributed by atoms with E-state index in [1.807, 2.05) is 49.1 Å². The van der Waals surface area contributed by atoms with Gasteiger partial charge < -0.3 is 15.5 Å². The van der Waals surface area contributed by atoms with E-state index < -0.39 is 12.5 Å². The average Bonchev–Trinajstić information content (AvgIpc) is 2.46. The molecule has 3 N–H and O–H groups in total. The van der Waals surface area contributed by atoms with Crippen LogP contribution >= 0.6 is 12.4 Å². The van der Waals surface area contributed by atoms with Crippen molar-refractivity contribution in [3.8, 4) is 0 Å². The molecule has 130 valence electrons. The third-order valence-electron chi connectivity index (χ3n) is 3.44. The van der Waals surface area contributed by atoms with Gasteiger partial charge in [0.1, 0.15) is 6.54 Å². The minimum atomic E-state index is -1.08. The number of hydrogen-bond donors (Lipinski definition) is 3. The van der Waals surface area contributed by atoms with Gasteiger partial charge >= 0.3 is 5.97 Å². The first-order valence-electron chi connectivity index (χ1n) is 7.31. The van der Waals surface area contributed by atoms with Crippen molar-refractivity contribution in [2.75, 3.05) is 19.7 Å².